The van der Waals surface area contributed by atoms with Gasteiger partial charge in [-0.1, -0.05) is 35.9 Å². The number of aromatic amines is 1. The van der Waals surface area contributed by atoms with Crippen LogP contribution < -0.4 is 14.8 Å². The fourth-order valence-corrected chi connectivity index (χ4v) is 3.80. The molecule has 0 atom stereocenters. The molecule has 1 aliphatic heterocycles. The molecule has 2 aromatic carbocycles. The number of carbonyl (C=O) groups excluding carboxylic acids is 1. The van der Waals surface area contributed by atoms with Crippen LogP contribution in [0.3, 0.4) is 0 Å². The number of carbonyl (C=O) groups is 1. The largest absolute Gasteiger partial charge is 0.486 e. The predicted molar refractivity (Wildman–Crippen MR) is 121 cm³/mol. The van der Waals surface area contributed by atoms with Crippen molar-refractivity contribution in [2.24, 2.45) is 0 Å². The number of benzene rings is 2. The van der Waals surface area contributed by atoms with E-state index in [1.54, 1.807) is 0 Å². The number of fused-ring (bicyclic) bond motifs is 1. The fourth-order valence-electron chi connectivity index (χ4n) is 3.58. The van der Waals surface area contributed by atoms with Gasteiger partial charge in [0, 0.05) is 18.5 Å². The van der Waals surface area contributed by atoms with Crippen molar-refractivity contribution in [3.8, 4) is 22.9 Å². The highest BCUT2D eigenvalue weighted by Gasteiger charge is 2.25. The Bertz CT molecular complexity index is 1150. The van der Waals surface area contributed by atoms with Crippen LogP contribution >= 0.6 is 12.2 Å². The Kier molecular flexibility index (Phi) is 5.82. The number of rotatable bonds is 6. The molecular formula is C23H26N4O3S. The van der Waals surface area contributed by atoms with Crippen molar-refractivity contribution in [3.05, 3.63) is 58.4 Å². The van der Waals surface area contributed by atoms with Crippen LogP contribution in [-0.2, 0) is 16.9 Å². The number of aryl methyl sites for hydroxylation is 1. The van der Waals surface area contributed by atoms with Crippen molar-refractivity contribution in [1.29, 1.82) is 0 Å². The quantitative estimate of drug-likeness (QED) is 0.566. The molecule has 31 heavy (non-hydrogen) atoms. The fraction of sp³-hybridized carbons (Fsp3) is 0.348. The van der Waals surface area contributed by atoms with Crippen LogP contribution in [-0.4, -0.2) is 33.9 Å². The summed E-state index contributed by atoms with van der Waals surface area (Å²) in [4.78, 5) is 12.8. The van der Waals surface area contributed by atoms with E-state index >= 15 is 0 Å². The highest BCUT2D eigenvalue weighted by atomic mass is 32.1. The summed E-state index contributed by atoms with van der Waals surface area (Å²) in [7, 11) is 0. The summed E-state index contributed by atoms with van der Waals surface area (Å²) in [6.07, 6.45) is 0.278. The van der Waals surface area contributed by atoms with Gasteiger partial charge in [-0.25, -0.2) is 0 Å². The molecule has 0 unspecified atom stereocenters. The molecule has 0 saturated heterocycles. The second-order valence-electron chi connectivity index (χ2n) is 8.15. The van der Waals surface area contributed by atoms with E-state index in [2.05, 4.69) is 15.5 Å². The molecule has 2 heterocycles. The maximum atomic E-state index is 12.8. The molecule has 162 valence electrons. The van der Waals surface area contributed by atoms with Crippen molar-refractivity contribution in [2.45, 2.75) is 39.3 Å². The number of nitrogens with one attached hydrogen (secondary N) is 2. The molecule has 0 bridgehead atoms. The Labute approximate surface area is 186 Å². The Morgan fingerprint density at radius 3 is 2.61 bits per heavy atom. The Morgan fingerprint density at radius 1 is 1.16 bits per heavy atom. The minimum Gasteiger partial charge on any atom is -0.486 e. The molecule has 0 saturated carbocycles. The molecule has 0 aliphatic carbocycles. The van der Waals surface area contributed by atoms with Crippen LogP contribution in [0.15, 0.2) is 42.5 Å². The first kappa shape index (κ1) is 21.1. The van der Waals surface area contributed by atoms with Gasteiger partial charge in [0.1, 0.15) is 13.2 Å². The summed E-state index contributed by atoms with van der Waals surface area (Å²) in [6.45, 7) is 7.48. The van der Waals surface area contributed by atoms with E-state index in [1.807, 2.05) is 67.8 Å². The summed E-state index contributed by atoms with van der Waals surface area (Å²) < 4.78 is 13.6. The Morgan fingerprint density at radius 2 is 1.87 bits per heavy atom. The number of H-pyrrole nitrogens is 1. The Balaban J connectivity index is 1.44. The van der Waals surface area contributed by atoms with E-state index in [0.29, 0.717) is 30.3 Å². The number of nitrogens with zero attached hydrogens (tertiary/aromatic N) is 2. The minimum atomic E-state index is -0.565. The van der Waals surface area contributed by atoms with Gasteiger partial charge in [0.05, 0.1) is 5.54 Å². The summed E-state index contributed by atoms with van der Waals surface area (Å²) in [5.41, 5.74) is 2.51. The van der Waals surface area contributed by atoms with Gasteiger partial charge in [-0.2, -0.15) is 5.10 Å². The molecule has 7 nitrogen and oxygen atoms in total. The lowest BCUT2D eigenvalue weighted by molar-refractivity contribution is -0.123. The summed E-state index contributed by atoms with van der Waals surface area (Å²) in [6, 6.07) is 13.8. The van der Waals surface area contributed by atoms with Crippen molar-refractivity contribution in [2.75, 3.05) is 13.2 Å². The summed E-state index contributed by atoms with van der Waals surface area (Å²) in [5.74, 6) is 2.09. The molecule has 3 aromatic rings. The van der Waals surface area contributed by atoms with Crippen molar-refractivity contribution < 1.29 is 14.3 Å². The monoisotopic (exact) mass is 438 g/mol. The molecular weight excluding hydrogens is 412 g/mol. The first-order valence-electron chi connectivity index (χ1n) is 10.3. The van der Waals surface area contributed by atoms with Gasteiger partial charge >= 0.3 is 0 Å². The molecule has 1 aliphatic rings. The molecule has 4 rings (SSSR count). The van der Waals surface area contributed by atoms with Gasteiger partial charge in [-0.15, -0.1) is 0 Å². The van der Waals surface area contributed by atoms with Crippen molar-refractivity contribution in [1.82, 2.24) is 20.1 Å². The van der Waals surface area contributed by atoms with Gasteiger partial charge in [-0.05, 0) is 50.7 Å². The lowest BCUT2D eigenvalue weighted by atomic mass is 9.93. The van der Waals surface area contributed by atoms with Gasteiger partial charge in [0.2, 0.25) is 5.91 Å². The van der Waals surface area contributed by atoms with Crippen molar-refractivity contribution in [3.63, 3.8) is 0 Å². The second-order valence-corrected chi connectivity index (χ2v) is 8.54. The van der Waals surface area contributed by atoms with E-state index in [4.69, 9.17) is 21.7 Å². The van der Waals surface area contributed by atoms with Crippen LogP contribution in [0.25, 0.3) is 11.4 Å². The van der Waals surface area contributed by atoms with Crippen molar-refractivity contribution >= 4 is 18.1 Å². The SMILES string of the molecule is Cc1ccc(-c2n[nH]c(=S)n2CCC(=O)NC(C)(C)c2ccc3c(c2)OCCO3)cc1. The number of ether oxygens (including phenoxy) is 2. The molecule has 0 spiro atoms. The summed E-state index contributed by atoms with van der Waals surface area (Å²) in [5, 5.41) is 10.3. The molecule has 0 radical (unpaired) electrons. The van der Waals surface area contributed by atoms with Crippen LogP contribution in [0.2, 0.25) is 0 Å². The van der Waals surface area contributed by atoms with E-state index < -0.39 is 5.54 Å². The van der Waals surface area contributed by atoms with Crippen LogP contribution in [0, 0.1) is 11.7 Å². The third-order valence-electron chi connectivity index (χ3n) is 5.35. The highest BCUT2D eigenvalue weighted by molar-refractivity contribution is 7.71. The first-order valence-corrected chi connectivity index (χ1v) is 10.7. The normalized spacial score (nSPS) is 13.1. The highest BCUT2D eigenvalue weighted by Crippen LogP contribution is 2.34. The van der Waals surface area contributed by atoms with Gasteiger partial charge < -0.3 is 14.8 Å². The average Bonchev–Trinajstić information content (AvgIpc) is 3.12. The first-order chi connectivity index (χ1) is 14.8. The lowest BCUT2D eigenvalue weighted by Crippen LogP contribution is -2.41. The maximum absolute atomic E-state index is 12.8. The number of hydrogen-bond acceptors (Lipinski definition) is 5. The van der Waals surface area contributed by atoms with E-state index in [0.717, 1.165) is 22.7 Å². The predicted octanol–water partition coefficient (Wildman–Crippen LogP) is 4.13. The zero-order valence-electron chi connectivity index (χ0n) is 17.9. The third kappa shape index (κ3) is 4.64. The Hall–Kier alpha value is -3.13. The third-order valence-corrected chi connectivity index (χ3v) is 5.66. The van der Waals surface area contributed by atoms with E-state index in [9.17, 15) is 4.79 Å². The maximum Gasteiger partial charge on any atom is 0.222 e. The van der Waals surface area contributed by atoms with E-state index in [1.165, 1.54) is 5.56 Å². The smallest absolute Gasteiger partial charge is 0.222 e. The molecule has 2 N–H and O–H groups in total. The van der Waals surface area contributed by atoms with Crippen LogP contribution in [0.4, 0.5) is 0 Å². The van der Waals surface area contributed by atoms with Gasteiger partial charge in [0.25, 0.3) is 0 Å². The number of hydrogen-bond donors (Lipinski definition) is 2. The lowest BCUT2D eigenvalue weighted by Gasteiger charge is -2.29. The van der Waals surface area contributed by atoms with E-state index in [-0.39, 0.29) is 12.3 Å². The molecule has 0 fully saturated rings. The zero-order chi connectivity index (χ0) is 22.0. The van der Waals surface area contributed by atoms with Crippen LogP contribution in [0.5, 0.6) is 11.5 Å². The van der Waals surface area contributed by atoms with Crippen LogP contribution in [0.1, 0.15) is 31.4 Å². The number of aromatic nitrogens is 3. The molecule has 8 heteroatoms. The van der Waals surface area contributed by atoms with Gasteiger partial charge in [-0.3, -0.25) is 14.5 Å². The summed E-state index contributed by atoms with van der Waals surface area (Å²) >= 11 is 5.38. The topological polar surface area (TPSA) is 81.2 Å². The minimum absolute atomic E-state index is 0.0714. The zero-order valence-corrected chi connectivity index (χ0v) is 18.7. The van der Waals surface area contributed by atoms with Gasteiger partial charge in [0.15, 0.2) is 22.1 Å². The average molecular weight is 439 g/mol. The molecule has 1 aromatic heterocycles. The molecule has 1 amide bonds. The second kappa shape index (κ2) is 8.55. The standard InChI is InChI=1S/C23H26N4O3S/c1-15-4-6-16(7-5-15)21-25-26-22(31)27(21)11-10-20(28)24-23(2,3)17-8-9-18-19(14-17)30-13-12-29-18/h4-9,14H,10-13H2,1-3H3,(H,24,28)(H,26,31). The number of amides is 1.